The lowest BCUT2D eigenvalue weighted by molar-refractivity contribution is 0.392. The van der Waals surface area contributed by atoms with Gasteiger partial charge in [0.05, 0.1) is 0 Å². The maximum atomic E-state index is 2.43. The summed E-state index contributed by atoms with van der Waals surface area (Å²) in [6, 6.07) is 0. The first kappa shape index (κ1) is 7.07. The quantitative estimate of drug-likeness (QED) is 0.517. The normalized spacial score (nSPS) is 37.7. The number of nitrogens with zero attached hydrogens (tertiary/aromatic N) is 1. The highest BCUT2D eigenvalue weighted by Crippen LogP contribution is 2.23. The summed E-state index contributed by atoms with van der Waals surface area (Å²) in [5.74, 6) is 1.90. The highest BCUT2D eigenvalue weighted by molar-refractivity contribution is 4.77. The first-order valence-electron chi connectivity index (χ1n) is 3.92. The minimum Gasteiger partial charge on any atom is -0.306 e. The molecule has 1 heterocycles. The monoisotopic (exact) mass is 127 g/mol. The van der Waals surface area contributed by atoms with E-state index in [0.29, 0.717) is 0 Å². The van der Waals surface area contributed by atoms with Gasteiger partial charge in [0.15, 0.2) is 0 Å². The number of hydrogen-bond donors (Lipinski definition) is 0. The van der Waals surface area contributed by atoms with Crippen molar-refractivity contribution in [3.05, 3.63) is 0 Å². The molecule has 1 nitrogen and oxygen atoms in total. The summed E-state index contributed by atoms with van der Waals surface area (Å²) in [6.45, 7) is 7.27. The third-order valence-electron chi connectivity index (χ3n) is 2.47. The number of rotatable bonds is 1. The van der Waals surface area contributed by atoms with E-state index in [0.717, 1.165) is 11.8 Å². The van der Waals surface area contributed by atoms with Gasteiger partial charge in [-0.3, -0.25) is 0 Å². The van der Waals surface area contributed by atoms with Crippen molar-refractivity contribution in [2.45, 2.75) is 20.3 Å². The Morgan fingerprint density at radius 1 is 1.44 bits per heavy atom. The fourth-order valence-corrected chi connectivity index (χ4v) is 1.83. The van der Waals surface area contributed by atoms with Crippen molar-refractivity contribution in [3.8, 4) is 0 Å². The van der Waals surface area contributed by atoms with Gasteiger partial charge in [-0.25, -0.2) is 0 Å². The highest BCUT2D eigenvalue weighted by Gasteiger charge is 2.24. The fourth-order valence-electron chi connectivity index (χ4n) is 1.83. The van der Waals surface area contributed by atoms with E-state index < -0.39 is 0 Å². The van der Waals surface area contributed by atoms with Crippen LogP contribution in [0.25, 0.3) is 0 Å². The maximum Gasteiger partial charge on any atom is 0.000965 e. The predicted octanol–water partition coefficient (Wildman–Crippen LogP) is 1.59. The molecule has 0 unspecified atom stereocenters. The molecule has 1 rings (SSSR count). The molecule has 54 valence electrons. The SMILES string of the molecule is CC[C@@H]1CN(C)C[C@H]1C. The molecule has 0 amide bonds. The molecular formula is C8H17N. The molecule has 1 heteroatoms. The van der Waals surface area contributed by atoms with Crippen molar-refractivity contribution in [1.82, 2.24) is 4.90 Å². The predicted molar refractivity (Wildman–Crippen MR) is 40.4 cm³/mol. The summed E-state index contributed by atoms with van der Waals surface area (Å²) in [5, 5.41) is 0. The van der Waals surface area contributed by atoms with Crippen molar-refractivity contribution in [2.24, 2.45) is 11.8 Å². The molecule has 1 aliphatic rings. The van der Waals surface area contributed by atoms with Crippen molar-refractivity contribution in [3.63, 3.8) is 0 Å². The van der Waals surface area contributed by atoms with Crippen LogP contribution in [-0.4, -0.2) is 25.0 Å². The van der Waals surface area contributed by atoms with Crippen LogP contribution < -0.4 is 0 Å². The zero-order valence-corrected chi connectivity index (χ0v) is 6.72. The summed E-state index contributed by atoms with van der Waals surface area (Å²) in [4.78, 5) is 2.43. The van der Waals surface area contributed by atoms with Crippen LogP contribution in [0, 0.1) is 11.8 Å². The van der Waals surface area contributed by atoms with Crippen LogP contribution in [-0.2, 0) is 0 Å². The lowest BCUT2D eigenvalue weighted by Crippen LogP contribution is -2.13. The van der Waals surface area contributed by atoms with E-state index in [1.54, 1.807) is 0 Å². The van der Waals surface area contributed by atoms with Crippen LogP contribution in [0.15, 0.2) is 0 Å². The molecule has 2 atom stereocenters. The van der Waals surface area contributed by atoms with Gasteiger partial charge < -0.3 is 4.90 Å². The number of likely N-dealkylation sites (tertiary alicyclic amines) is 1. The Balaban J connectivity index is 2.38. The molecule has 0 aromatic rings. The minimum atomic E-state index is 0.931. The molecule has 0 saturated carbocycles. The van der Waals surface area contributed by atoms with E-state index >= 15 is 0 Å². The fraction of sp³-hybridized carbons (Fsp3) is 1.00. The Morgan fingerprint density at radius 2 is 2.11 bits per heavy atom. The molecule has 1 saturated heterocycles. The molecule has 0 bridgehead atoms. The number of hydrogen-bond acceptors (Lipinski definition) is 1. The Labute approximate surface area is 58.0 Å². The molecule has 0 aromatic carbocycles. The van der Waals surface area contributed by atoms with E-state index in [1.807, 2.05) is 0 Å². The van der Waals surface area contributed by atoms with Crippen LogP contribution in [0.4, 0.5) is 0 Å². The summed E-state index contributed by atoms with van der Waals surface area (Å²) < 4.78 is 0. The third kappa shape index (κ3) is 1.45. The summed E-state index contributed by atoms with van der Waals surface area (Å²) in [5.41, 5.74) is 0. The maximum absolute atomic E-state index is 2.43. The van der Waals surface area contributed by atoms with Crippen LogP contribution in [0.1, 0.15) is 20.3 Å². The second-order valence-corrected chi connectivity index (χ2v) is 3.37. The molecule has 0 spiro atoms. The van der Waals surface area contributed by atoms with E-state index in [2.05, 4.69) is 25.8 Å². The lowest BCUT2D eigenvalue weighted by atomic mass is 9.96. The first-order chi connectivity index (χ1) is 4.24. The van der Waals surface area contributed by atoms with Crippen LogP contribution >= 0.6 is 0 Å². The van der Waals surface area contributed by atoms with Gasteiger partial charge in [0.25, 0.3) is 0 Å². The second kappa shape index (κ2) is 2.70. The average molecular weight is 127 g/mol. The second-order valence-electron chi connectivity index (χ2n) is 3.37. The van der Waals surface area contributed by atoms with Crippen molar-refractivity contribution >= 4 is 0 Å². The van der Waals surface area contributed by atoms with Crippen molar-refractivity contribution < 1.29 is 0 Å². The minimum absolute atomic E-state index is 0.931. The first-order valence-corrected chi connectivity index (χ1v) is 3.92. The van der Waals surface area contributed by atoms with Gasteiger partial charge in [0, 0.05) is 13.1 Å². The Morgan fingerprint density at radius 3 is 2.33 bits per heavy atom. The standard InChI is InChI=1S/C8H17N/c1-4-8-6-9(3)5-7(8)2/h7-8H,4-6H2,1-3H3/t7-,8-/m1/s1. The Hall–Kier alpha value is -0.0400. The van der Waals surface area contributed by atoms with E-state index in [-0.39, 0.29) is 0 Å². The summed E-state index contributed by atoms with van der Waals surface area (Å²) in [7, 11) is 2.21. The van der Waals surface area contributed by atoms with E-state index in [1.165, 1.54) is 19.5 Å². The van der Waals surface area contributed by atoms with Gasteiger partial charge >= 0.3 is 0 Å². The smallest absolute Gasteiger partial charge is 0.000965 e. The third-order valence-corrected chi connectivity index (χ3v) is 2.47. The van der Waals surface area contributed by atoms with Crippen LogP contribution in [0.2, 0.25) is 0 Å². The van der Waals surface area contributed by atoms with Gasteiger partial charge in [-0.15, -0.1) is 0 Å². The van der Waals surface area contributed by atoms with Crippen LogP contribution in [0.3, 0.4) is 0 Å². The van der Waals surface area contributed by atoms with Gasteiger partial charge in [-0.2, -0.15) is 0 Å². The molecular weight excluding hydrogens is 110 g/mol. The van der Waals surface area contributed by atoms with Gasteiger partial charge in [0.1, 0.15) is 0 Å². The topological polar surface area (TPSA) is 3.24 Å². The lowest BCUT2D eigenvalue weighted by Gasteiger charge is -2.09. The molecule has 1 fully saturated rings. The summed E-state index contributed by atoms with van der Waals surface area (Å²) in [6.07, 6.45) is 1.35. The molecule has 0 N–H and O–H groups in total. The zero-order valence-electron chi connectivity index (χ0n) is 6.72. The zero-order chi connectivity index (χ0) is 6.85. The highest BCUT2D eigenvalue weighted by atomic mass is 15.1. The average Bonchev–Trinajstić information content (AvgIpc) is 2.10. The Bertz CT molecular complexity index is 90.6. The van der Waals surface area contributed by atoms with Gasteiger partial charge in [-0.05, 0) is 18.9 Å². The summed E-state index contributed by atoms with van der Waals surface area (Å²) >= 11 is 0. The van der Waals surface area contributed by atoms with Crippen LogP contribution in [0.5, 0.6) is 0 Å². The molecule has 0 aromatic heterocycles. The molecule has 0 aliphatic carbocycles. The Kier molecular flexibility index (Phi) is 2.12. The van der Waals surface area contributed by atoms with Crippen molar-refractivity contribution in [1.29, 1.82) is 0 Å². The molecule has 1 aliphatic heterocycles. The van der Waals surface area contributed by atoms with E-state index in [9.17, 15) is 0 Å². The van der Waals surface area contributed by atoms with Gasteiger partial charge in [0.2, 0.25) is 0 Å². The van der Waals surface area contributed by atoms with E-state index in [4.69, 9.17) is 0 Å². The molecule has 0 radical (unpaired) electrons. The molecule has 9 heavy (non-hydrogen) atoms. The largest absolute Gasteiger partial charge is 0.306 e. The van der Waals surface area contributed by atoms with Gasteiger partial charge in [-0.1, -0.05) is 20.3 Å². The van der Waals surface area contributed by atoms with Crippen molar-refractivity contribution in [2.75, 3.05) is 20.1 Å².